The molecule has 0 aromatic heterocycles. The molecule has 3 nitrogen and oxygen atoms in total. The molecule has 3 fully saturated rings. The summed E-state index contributed by atoms with van der Waals surface area (Å²) in [6.45, 7) is 12.7. The SMILES string of the molecule is CC(C)N1CCC(N2C[C@H]3CN(C)C[C@H]3C2)CC1. The van der Waals surface area contributed by atoms with Crippen LogP contribution in [0.3, 0.4) is 0 Å². The monoisotopic (exact) mass is 251 g/mol. The van der Waals surface area contributed by atoms with Crippen molar-refractivity contribution in [2.45, 2.75) is 38.8 Å². The molecule has 0 unspecified atom stereocenters. The number of piperidine rings is 1. The molecule has 3 saturated heterocycles. The summed E-state index contributed by atoms with van der Waals surface area (Å²) in [6, 6.07) is 1.62. The molecule has 0 N–H and O–H groups in total. The maximum Gasteiger partial charge on any atom is 0.0120 e. The first-order valence-corrected chi connectivity index (χ1v) is 7.80. The molecule has 0 aliphatic carbocycles. The van der Waals surface area contributed by atoms with Gasteiger partial charge in [0, 0.05) is 38.3 Å². The Hall–Kier alpha value is -0.120. The summed E-state index contributed by atoms with van der Waals surface area (Å²) in [6.07, 6.45) is 2.79. The zero-order valence-electron chi connectivity index (χ0n) is 12.3. The molecule has 18 heavy (non-hydrogen) atoms. The van der Waals surface area contributed by atoms with Crippen molar-refractivity contribution in [1.29, 1.82) is 0 Å². The molecule has 0 aromatic rings. The largest absolute Gasteiger partial charge is 0.306 e. The van der Waals surface area contributed by atoms with E-state index in [1.807, 2.05) is 0 Å². The van der Waals surface area contributed by atoms with Crippen molar-refractivity contribution in [2.75, 3.05) is 46.3 Å². The Kier molecular flexibility index (Phi) is 3.65. The second-order valence-corrected chi connectivity index (χ2v) is 7.06. The molecule has 3 rings (SSSR count). The molecule has 0 amide bonds. The predicted molar refractivity (Wildman–Crippen MR) is 75.8 cm³/mol. The van der Waals surface area contributed by atoms with Crippen molar-refractivity contribution in [1.82, 2.24) is 14.7 Å². The maximum atomic E-state index is 2.82. The summed E-state index contributed by atoms with van der Waals surface area (Å²) in [4.78, 5) is 7.98. The van der Waals surface area contributed by atoms with Gasteiger partial charge in [-0.05, 0) is 58.7 Å². The fraction of sp³-hybridized carbons (Fsp3) is 1.00. The average Bonchev–Trinajstić information content (AvgIpc) is 2.86. The molecule has 3 heteroatoms. The predicted octanol–water partition coefficient (Wildman–Crippen LogP) is 1.35. The Labute approximate surface area is 112 Å². The fourth-order valence-corrected chi connectivity index (χ4v) is 4.33. The number of nitrogens with zero attached hydrogens (tertiary/aromatic N) is 3. The Bertz CT molecular complexity index is 269. The van der Waals surface area contributed by atoms with E-state index >= 15 is 0 Å². The van der Waals surface area contributed by atoms with Crippen molar-refractivity contribution in [3.8, 4) is 0 Å². The van der Waals surface area contributed by atoms with Gasteiger partial charge in [-0.3, -0.25) is 4.90 Å². The van der Waals surface area contributed by atoms with Gasteiger partial charge in [0.15, 0.2) is 0 Å². The standard InChI is InChI=1S/C15H29N3/c1-12(2)17-6-4-15(5-7-17)18-10-13-8-16(3)9-14(13)11-18/h12-15H,4-11H2,1-3H3/t13-,14+. The minimum Gasteiger partial charge on any atom is -0.306 e. The highest BCUT2D eigenvalue weighted by atomic mass is 15.3. The summed E-state index contributed by atoms with van der Waals surface area (Å²) >= 11 is 0. The van der Waals surface area contributed by atoms with Crippen molar-refractivity contribution < 1.29 is 0 Å². The lowest BCUT2D eigenvalue weighted by atomic mass is 10.0. The van der Waals surface area contributed by atoms with Crippen LogP contribution in [0.15, 0.2) is 0 Å². The third kappa shape index (κ3) is 2.45. The van der Waals surface area contributed by atoms with Crippen molar-refractivity contribution in [2.24, 2.45) is 11.8 Å². The van der Waals surface area contributed by atoms with Crippen LogP contribution in [0, 0.1) is 11.8 Å². The molecule has 0 spiro atoms. The summed E-state index contributed by atoms with van der Waals surface area (Å²) in [5.41, 5.74) is 0. The molecule has 3 aliphatic heterocycles. The minimum atomic E-state index is 0.734. The Morgan fingerprint density at radius 2 is 1.44 bits per heavy atom. The number of fused-ring (bicyclic) bond motifs is 1. The lowest BCUT2D eigenvalue weighted by Gasteiger charge is -2.39. The van der Waals surface area contributed by atoms with Crippen LogP contribution in [-0.2, 0) is 0 Å². The highest BCUT2D eigenvalue weighted by Gasteiger charge is 2.41. The third-order valence-electron chi connectivity index (χ3n) is 5.44. The maximum absolute atomic E-state index is 2.82. The van der Waals surface area contributed by atoms with Gasteiger partial charge in [-0.2, -0.15) is 0 Å². The summed E-state index contributed by atoms with van der Waals surface area (Å²) < 4.78 is 0. The number of rotatable bonds is 2. The number of hydrogen-bond donors (Lipinski definition) is 0. The molecule has 2 atom stereocenters. The summed E-state index contributed by atoms with van der Waals surface area (Å²) in [7, 11) is 2.28. The highest BCUT2D eigenvalue weighted by molar-refractivity contribution is 4.95. The van der Waals surface area contributed by atoms with E-state index in [-0.39, 0.29) is 0 Å². The lowest BCUT2D eigenvalue weighted by Crippen LogP contribution is -2.46. The van der Waals surface area contributed by atoms with E-state index in [0.717, 1.165) is 23.9 Å². The average molecular weight is 251 g/mol. The fourth-order valence-electron chi connectivity index (χ4n) is 4.33. The van der Waals surface area contributed by atoms with Gasteiger partial charge in [0.1, 0.15) is 0 Å². The van der Waals surface area contributed by atoms with Crippen LogP contribution < -0.4 is 0 Å². The van der Waals surface area contributed by atoms with Crippen LogP contribution in [0.2, 0.25) is 0 Å². The second-order valence-electron chi connectivity index (χ2n) is 7.06. The van der Waals surface area contributed by atoms with Gasteiger partial charge >= 0.3 is 0 Å². The van der Waals surface area contributed by atoms with Gasteiger partial charge in [-0.25, -0.2) is 0 Å². The van der Waals surface area contributed by atoms with Gasteiger partial charge in [-0.15, -0.1) is 0 Å². The number of likely N-dealkylation sites (tertiary alicyclic amines) is 3. The summed E-state index contributed by atoms with van der Waals surface area (Å²) in [5.74, 6) is 1.94. The zero-order chi connectivity index (χ0) is 12.7. The molecule has 104 valence electrons. The first kappa shape index (κ1) is 12.9. The lowest BCUT2D eigenvalue weighted by molar-refractivity contribution is 0.0998. The van der Waals surface area contributed by atoms with Crippen LogP contribution >= 0.6 is 0 Å². The van der Waals surface area contributed by atoms with E-state index < -0.39 is 0 Å². The van der Waals surface area contributed by atoms with Crippen LogP contribution in [0.25, 0.3) is 0 Å². The molecule has 0 aromatic carbocycles. The van der Waals surface area contributed by atoms with E-state index in [2.05, 4.69) is 35.6 Å². The van der Waals surface area contributed by atoms with E-state index in [1.54, 1.807) is 0 Å². The van der Waals surface area contributed by atoms with Crippen LogP contribution in [0.1, 0.15) is 26.7 Å². The van der Waals surface area contributed by atoms with Crippen LogP contribution in [0.5, 0.6) is 0 Å². The first-order chi connectivity index (χ1) is 8.63. The molecule has 0 bridgehead atoms. The van der Waals surface area contributed by atoms with Gasteiger partial charge < -0.3 is 9.80 Å². The normalized spacial score (nSPS) is 36.7. The van der Waals surface area contributed by atoms with Crippen molar-refractivity contribution in [3.05, 3.63) is 0 Å². The van der Waals surface area contributed by atoms with Crippen molar-refractivity contribution >= 4 is 0 Å². The van der Waals surface area contributed by atoms with E-state index in [4.69, 9.17) is 0 Å². The molecule has 0 saturated carbocycles. The zero-order valence-corrected chi connectivity index (χ0v) is 12.3. The minimum absolute atomic E-state index is 0.734. The highest BCUT2D eigenvalue weighted by Crippen LogP contribution is 2.33. The molecule has 0 radical (unpaired) electrons. The molecule has 3 aliphatic rings. The van der Waals surface area contributed by atoms with Gasteiger partial charge in [0.2, 0.25) is 0 Å². The summed E-state index contributed by atoms with van der Waals surface area (Å²) in [5, 5.41) is 0. The quantitative estimate of drug-likeness (QED) is 0.733. The smallest absolute Gasteiger partial charge is 0.0120 e. The van der Waals surface area contributed by atoms with E-state index in [1.165, 1.54) is 52.1 Å². The molecular formula is C15H29N3. The molecular weight excluding hydrogens is 222 g/mol. The van der Waals surface area contributed by atoms with Crippen molar-refractivity contribution in [3.63, 3.8) is 0 Å². The number of hydrogen-bond acceptors (Lipinski definition) is 3. The van der Waals surface area contributed by atoms with E-state index in [0.29, 0.717) is 0 Å². The topological polar surface area (TPSA) is 9.72 Å². The Balaban J connectivity index is 1.50. The Morgan fingerprint density at radius 1 is 0.889 bits per heavy atom. The Morgan fingerprint density at radius 3 is 1.94 bits per heavy atom. The van der Waals surface area contributed by atoms with Gasteiger partial charge in [-0.1, -0.05) is 0 Å². The van der Waals surface area contributed by atoms with E-state index in [9.17, 15) is 0 Å². The molecule has 3 heterocycles. The first-order valence-electron chi connectivity index (χ1n) is 7.80. The van der Waals surface area contributed by atoms with Gasteiger partial charge in [0.05, 0.1) is 0 Å². The van der Waals surface area contributed by atoms with Crippen LogP contribution in [0.4, 0.5) is 0 Å². The second kappa shape index (κ2) is 5.10. The third-order valence-corrected chi connectivity index (χ3v) is 5.44. The van der Waals surface area contributed by atoms with Gasteiger partial charge in [0.25, 0.3) is 0 Å². The van der Waals surface area contributed by atoms with Crippen LogP contribution in [-0.4, -0.2) is 73.1 Å².